The smallest absolute Gasteiger partial charge is 0.0102 e. The van der Waals surface area contributed by atoms with E-state index in [0.29, 0.717) is 5.41 Å². The zero-order valence-corrected chi connectivity index (χ0v) is 12.5. The summed E-state index contributed by atoms with van der Waals surface area (Å²) in [6, 6.07) is 9.23. The van der Waals surface area contributed by atoms with Crippen LogP contribution in [0.25, 0.3) is 0 Å². The minimum Gasteiger partial charge on any atom is -0.329 e. The second kappa shape index (κ2) is 6.53. The number of rotatable bonds is 6. The van der Waals surface area contributed by atoms with E-state index >= 15 is 0 Å². The molecule has 0 spiro atoms. The van der Waals surface area contributed by atoms with E-state index in [4.69, 9.17) is 5.73 Å². The summed E-state index contributed by atoms with van der Waals surface area (Å²) in [6.07, 6.45) is 6.74. The highest BCUT2D eigenvalue weighted by molar-refractivity contribution is 5.29. The minimum atomic E-state index is 0.427. The van der Waals surface area contributed by atoms with Crippen LogP contribution < -0.4 is 5.73 Å². The molecule has 2 nitrogen and oxygen atoms in total. The maximum atomic E-state index is 5.63. The van der Waals surface area contributed by atoms with Crippen LogP contribution in [0.1, 0.15) is 43.2 Å². The van der Waals surface area contributed by atoms with E-state index < -0.39 is 0 Å². The lowest BCUT2D eigenvalue weighted by atomic mass is 9.76. The summed E-state index contributed by atoms with van der Waals surface area (Å²) < 4.78 is 0. The topological polar surface area (TPSA) is 29.3 Å². The number of benzene rings is 1. The third-order valence-electron chi connectivity index (χ3n) is 4.71. The van der Waals surface area contributed by atoms with Gasteiger partial charge < -0.3 is 10.6 Å². The van der Waals surface area contributed by atoms with Gasteiger partial charge in [-0.3, -0.25) is 0 Å². The van der Waals surface area contributed by atoms with Crippen molar-refractivity contribution in [3.8, 4) is 0 Å². The van der Waals surface area contributed by atoms with Crippen molar-refractivity contribution in [3.05, 3.63) is 35.4 Å². The summed E-state index contributed by atoms with van der Waals surface area (Å²) in [5, 5.41) is 0. The zero-order chi connectivity index (χ0) is 13.7. The Kier molecular flexibility index (Phi) is 5.00. The van der Waals surface area contributed by atoms with E-state index in [2.05, 4.69) is 43.1 Å². The van der Waals surface area contributed by atoms with Crippen molar-refractivity contribution < 1.29 is 0 Å². The van der Waals surface area contributed by atoms with Gasteiger partial charge in [-0.25, -0.2) is 0 Å². The molecule has 0 atom stereocenters. The highest BCUT2D eigenvalue weighted by Crippen LogP contribution is 2.43. The van der Waals surface area contributed by atoms with E-state index in [0.717, 1.165) is 19.6 Å². The van der Waals surface area contributed by atoms with Crippen LogP contribution in [0.3, 0.4) is 0 Å². The third kappa shape index (κ3) is 3.58. The van der Waals surface area contributed by atoms with Crippen LogP contribution in [0, 0.1) is 6.92 Å². The number of likely N-dealkylation sites (N-methyl/N-ethyl adjacent to an activating group) is 1. The van der Waals surface area contributed by atoms with Crippen LogP contribution in [0.2, 0.25) is 0 Å². The first-order chi connectivity index (χ1) is 9.16. The van der Waals surface area contributed by atoms with Crippen molar-refractivity contribution in [2.75, 3.05) is 26.7 Å². The molecule has 2 rings (SSSR count). The average molecular weight is 260 g/mol. The van der Waals surface area contributed by atoms with Crippen LogP contribution in [0.15, 0.2) is 24.3 Å². The van der Waals surface area contributed by atoms with Crippen LogP contribution in [0.4, 0.5) is 0 Å². The zero-order valence-electron chi connectivity index (χ0n) is 12.5. The van der Waals surface area contributed by atoms with Gasteiger partial charge in [-0.15, -0.1) is 0 Å². The molecule has 19 heavy (non-hydrogen) atoms. The summed E-state index contributed by atoms with van der Waals surface area (Å²) in [5.41, 5.74) is 8.97. The van der Waals surface area contributed by atoms with Crippen LogP contribution in [0.5, 0.6) is 0 Å². The van der Waals surface area contributed by atoms with Crippen LogP contribution in [-0.2, 0) is 5.41 Å². The van der Waals surface area contributed by atoms with E-state index in [1.165, 1.54) is 37.7 Å². The molecular weight excluding hydrogens is 232 g/mol. The first-order valence-corrected chi connectivity index (χ1v) is 7.62. The maximum absolute atomic E-state index is 5.63. The molecule has 1 aromatic rings. The van der Waals surface area contributed by atoms with Gasteiger partial charge in [0.05, 0.1) is 0 Å². The number of hydrogen-bond donors (Lipinski definition) is 1. The second-order valence-corrected chi connectivity index (χ2v) is 6.20. The first-order valence-electron chi connectivity index (χ1n) is 7.62. The van der Waals surface area contributed by atoms with Gasteiger partial charge in [-0.2, -0.15) is 0 Å². The number of hydrogen-bond acceptors (Lipinski definition) is 2. The molecule has 1 aliphatic carbocycles. The molecule has 0 saturated heterocycles. The molecule has 0 amide bonds. The molecule has 1 aliphatic rings. The second-order valence-electron chi connectivity index (χ2n) is 6.20. The molecule has 0 aromatic heterocycles. The fourth-order valence-electron chi connectivity index (χ4n) is 3.38. The van der Waals surface area contributed by atoms with E-state index in [1.54, 1.807) is 5.56 Å². The lowest BCUT2D eigenvalue weighted by molar-refractivity contribution is 0.283. The monoisotopic (exact) mass is 260 g/mol. The molecule has 0 unspecified atom stereocenters. The van der Waals surface area contributed by atoms with Gasteiger partial charge in [-0.05, 0) is 50.8 Å². The lowest BCUT2D eigenvalue weighted by Crippen LogP contribution is -2.32. The summed E-state index contributed by atoms with van der Waals surface area (Å²) >= 11 is 0. The van der Waals surface area contributed by atoms with Crippen molar-refractivity contribution in [2.45, 2.75) is 44.4 Å². The Morgan fingerprint density at radius 2 is 1.74 bits per heavy atom. The Morgan fingerprint density at radius 1 is 1.11 bits per heavy atom. The van der Waals surface area contributed by atoms with Crippen molar-refractivity contribution in [3.63, 3.8) is 0 Å². The van der Waals surface area contributed by atoms with Crippen LogP contribution in [-0.4, -0.2) is 31.6 Å². The fraction of sp³-hybridized carbons (Fsp3) is 0.647. The maximum Gasteiger partial charge on any atom is 0.0102 e. The largest absolute Gasteiger partial charge is 0.329 e. The summed E-state index contributed by atoms with van der Waals surface area (Å²) in [7, 11) is 2.19. The van der Waals surface area contributed by atoms with Gasteiger partial charge in [-0.1, -0.05) is 42.7 Å². The fourth-order valence-corrected chi connectivity index (χ4v) is 3.38. The molecule has 1 aromatic carbocycles. The van der Waals surface area contributed by atoms with Gasteiger partial charge in [0.15, 0.2) is 0 Å². The molecule has 0 heterocycles. The van der Waals surface area contributed by atoms with E-state index in [-0.39, 0.29) is 0 Å². The van der Waals surface area contributed by atoms with Crippen molar-refractivity contribution in [1.82, 2.24) is 4.90 Å². The molecular formula is C17H28N2. The lowest BCUT2D eigenvalue weighted by Gasteiger charge is -2.32. The summed E-state index contributed by atoms with van der Waals surface area (Å²) in [5.74, 6) is 0. The molecule has 0 aliphatic heterocycles. The molecule has 2 heteroatoms. The van der Waals surface area contributed by atoms with Crippen molar-refractivity contribution in [2.24, 2.45) is 5.73 Å². The Bertz CT molecular complexity index is 377. The predicted molar refractivity (Wildman–Crippen MR) is 82.5 cm³/mol. The van der Waals surface area contributed by atoms with Crippen LogP contribution >= 0.6 is 0 Å². The molecule has 1 saturated carbocycles. The number of nitrogens with zero attached hydrogens (tertiary/aromatic N) is 1. The summed E-state index contributed by atoms with van der Waals surface area (Å²) in [6.45, 7) is 5.09. The number of aryl methyl sites for hydroxylation is 1. The number of nitrogens with two attached hydrogens (primary N) is 1. The SMILES string of the molecule is Cc1ccc(C2(CCN(C)CCN)CCCC2)cc1. The van der Waals surface area contributed by atoms with Gasteiger partial charge in [0, 0.05) is 13.1 Å². The normalized spacial score (nSPS) is 18.1. The Balaban J connectivity index is 2.07. The minimum absolute atomic E-state index is 0.427. The average Bonchev–Trinajstić information content (AvgIpc) is 2.88. The van der Waals surface area contributed by atoms with Gasteiger partial charge >= 0.3 is 0 Å². The molecule has 0 bridgehead atoms. The van der Waals surface area contributed by atoms with E-state index in [9.17, 15) is 0 Å². The Morgan fingerprint density at radius 3 is 2.32 bits per heavy atom. The molecule has 106 valence electrons. The quantitative estimate of drug-likeness (QED) is 0.851. The third-order valence-corrected chi connectivity index (χ3v) is 4.71. The van der Waals surface area contributed by atoms with Crippen molar-refractivity contribution >= 4 is 0 Å². The molecule has 0 radical (unpaired) electrons. The van der Waals surface area contributed by atoms with Gasteiger partial charge in [0.1, 0.15) is 0 Å². The van der Waals surface area contributed by atoms with E-state index in [1.807, 2.05) is 0 Å². The highest BCUT2D eigenvalue weighted by Gasteiger charge is 2.35. The van der Waals surface area contributed by atoms with Gasteiger partial charge in [0.2, 0.25) is 0 Å². The van der Waals surface area contributed by atoms with Crippen molar-refractivity contribution in [1.29, 1.82) is 0 Å². The standard InChI is InChI=1S/C17H28N2/c1-15-5-7-16(8-6-15)17(9-3-4-10-17)11-13-19(2)14-12-18/h5-8H,3-4,9-14,18H2,1-2H3. The molecule has 1 fully saturated rings. The molecule has 2 N–H and O–H groups in total. The Hall–Kier alpha value is -0.860. The van der Waals surface area contributed by atoms with Gasteiger partial charge in [0.25, 0.3) is 0 Å². The first kappa shape index (κ1) is 14.5. The Labute approximate surface area is 118 Å². The predicted octanol–water partition coefficient (Wildman–Crippen LogP) is 3.09. The summed E-state index contributed by atoms with van der Waals surface area (Å²) in [4.78, 5) is 2.37. The highest BCUT2D eigenvalue weighted by atomic mass is 15.1.